The third kappa shape index (κ3) is 4.25. The Morgan fingerprint density at radius 2 is 2.04 bits per heavy atom. The maximum absolute atomic E-state index is 12.9. The zero-order chi connectivity index (χ0) is 18.0. The van der Waals surface area contributed by atoms with E-state index in [0.29, 0.717) is 24.5 Å². The Kier molecular flexibility index (Phi) is 5.49. The zero-order valence-corrected chi connectivity index (χ0v) is 15.6. The lowest BCUT2D eigenvalue weighted by Gasteiger charge is -2.25. The molecular weight excluding hydrogens is 340 g/mol. The third-order valence-corrected chi connectivity index (χ3v) is 5.11. The van der Waals surface area contributed by atoms with E-state index in [-0.39, 0.29) is 17.9 Å². The van der Waals surface area contributed by atoms with Gasteiger partial charge in [0.25, 0.3) is 0 Å². The molecule has 2 heterocycles. The van der Waals surface area contributed by atoms with E-state index in [1.54, 1.807) is 19.0 Å². The van der Waals surface area contributed by atoms with Crippen molar-refractivity contribution in [2.75, 3.05) is 52.1 Å². The molecule has 1 fully saturated rings. The Bertz CT molecular complexity index is 664. The molecule has 0 bridgehead atoms. The van der Waals surface area contributed by atoms with Crippen LogP contribution in [0.3, 0.4) is 0 Å². The molecule has 0 aliphatic carbocycles. The maximum atomic E-state index is 12.9. The average molecular weight is 365 g/mol. The number of fused-ring (bicyclic) bond motifs is 1. The summed E-state index contributed by atoms with van der Waals surface area (Å²) >= 11 is 6.04. The minimum absolute atomic E-state index is 0.101. The largest absolute Gasteiger partial charge is 0.373 e. The first-order chi connectivity index (χ1) is 11.9. The molecule has 0 radical (unpaired) electrons. The fourth-order valence-corrected chi connectivity index (χ4v) is 3.58. The van der Waals surface area contributed by atoms with E-state index in [9.17, 15) is 9.59 Å². The molecule has 1 atom stereocenters. The monoisotopic (exact) mass is 364 g/mol. The summed E-state index contributed by atoms with van der Waals surface area (Å²) in [6.07, 6.45) is 1.56. The smallest absolute Gasteiger partial charge is 0.245 e. The SMILES string of the molecule is CN(C)C(=O)CN1CCCN(C(=O)C2Cc3cc(Cl)ccc3N2)CC1. The van der Waals surface area contributed by atoms with Crippen LogP contribution in [0.15, 0.2) is 18.2 Å². The van der Waals surface area contributed by atoms with Gasteiger partial charge in [-0.1, -0.05) is 11.6 Å². The van der Waals surface area contributed by atoms with E-state index in [1.807, 2.05) is 23.1 Å². The molecule has 1 unspecified atom stereocenters. The molecule has 7 heteroatoms. The molecule has 1 saturated heterocycles. The van der Waals surface area contributed by atoms with E-state index < -0.39 is 0 Å². The van der Waals surface area contributed by atoms with Crippen LogP contribution in [-0.2, 0) is 16.0 Å². The van der Waals surface area contributed by atoms with Gasteiger partial charge in [0.2, 0.25) is 11.8 Å². The topological polar surface area (TPSA) is 55.9 Å². The fourth-order valence-electron chi connectivity index (χ4n) is 3.38. The van der Waals surface area contributed by atoms with E-state index in [1.165, 1.54) is 0 Å². The first-order valence-corrected chi connectivity index (χ1v) is 9.08. The van der Waals surface area contributed by atoms with Gasteiger partial charge in [0.15, 0.2) is 0 Å². The number of carbonyl (C=O) groups is 2. The fraction of sp³-hybridized carbons (Fsp3) is 0.556. The summed E-state index contributed by atoms with van der Waals surface area (Å²) in [5, 5.41) is 4.01. The summed E-state index contributed by atoms with van der Waals surface area (Å²) in [5.74, 6) is 0.234. The third-order valence-electron chi connectivity index (χ3n) is 4.88. The lowest BCUT2D eigenvalue weighted by atomic mass is 10.1. The molecule has 1 aromatic carbocycles. The number of nitrogens with one attached hydrogen (secondary N) is 1. The van der Waals surface area contributed by atoms with Crippen molar-refractivity contribution in [3.05, 3.63) is 28.8 Å². The summed E-state index contributed by atoms with van der Waals surface area (Å²) in [7, 11) is 3.54. The van der Waals surface area contributed by atoms with Gasteiger partial charge in [-0.05, 0) is 30.2 Å². The van der Waals surface area contributed by atoms with Gasteiger partial charge in [-0.15, -0.1) is 0 Å². The highest BCUT2D eigenvalue weighted by atomic mass is 35.5. The minimum atomic E-state index is -0.219. The van der Waals surface area contributed by atoms with Crippen LogP contribution >= 0.6 is 11.6 Å². The maximum Gasteiger partial charge on any atom is 0.245 e. The summed E-state index contributed by atoms with van der Waals surface area (Å²) in [6.45, 7) is 3.39. The summed E-state index contributed by atoms with van der Waals surface area (Å²) < 4.78 is 0. The highest BCUT2D eigenvalue weighted by molar-refractivity contribution is 6.30. The molecular formula is C18H25ClN4O2. The predicted octanol–water partition coefficient (Wildman–Crippen LogP) is 1.30. The molecule has 1 aromatic rings. The minimum Gasteiger partial charge on any atom is -0.373 e. The van der Waals surface area contributed by atoms with Crippen molar-refractivity contribution in [3.63, 3.8) is 0 Å². The van der Waals surface area contributed by atoms with Gasteiger partial charge in [-0.25, -0.2) is 0 Å². The zero-order valence-electron chi connectivity index (χ0n) is 14.8. The van der Waals surface area contributed by atoms with Crippen molar-refractivity contribution in [1.82, 2.24) is 14.7 Å². The van der Waals surface area contributed by atoms with E-state index in [0.717, 1.165) is 37.3 Å². The van der Waals surface area contributed by atoms with Gasteiger partial charge in [0.05, 0.1) is 6.54 Å². The molecule has 0 spiro atoms. The summed E-state index contributed by atoms with van der Waals surface area (Å²) in [5.41, 5.74) is 2.09. The van der Waals surface area contributed by atoms with Crippen molar-refractivity contribution in [3.8, 4) is 0 Å². The van der Waals surface area contributed by atoms with Crippen molar-refractivity contribution in [2.24, 2.45) is 0 Å². The van der Waals surface area contributed by atoms with Crippen LogP contribution in [0.25, 0.3) is 0 Å². The molecule has 2 amide bonds. The first-order valence-electron chi connectivity index (χ1n) is 8.70. The van der Waals surface area contributed by atoms with E-state index in [4.69, 9.17) is 11.6 Å². The Labute approximate surface area is 153 Å². The number of amides is 2. The first kappa shape index (κ1) is 18.0. The van der Waals surface area contributed by atoms with Crippen molar-refractivity contribution < 1.29 is 9.59 Å². The van der Waals surface area contributed by atoms with Gasteiger partial charge in [0, 0.05) is 57.4 Å². The van der Waals surface area contributed by atoms with Crippen LogP contribution in [0.5, 0.6) is 0 Å². The number of halogens is 1. The molecule has 136 valence electrons. The van der Waals surface area contributed by atoms with Crippen LogP contribution in [0.1, 0.15) is 12.0 Å². The van der Waals surface area contributed by atoms with Gasteiger partial charge in [-0.2, -0.15) is 0 Å². The van der Waals surface area contributed by atoms with Gasteiger partial charge >= 0.3 is 0 Å². The molecule has 2 aliphatic rings. The Morgan fingerprint density at radius 1 is 1.24 bits per heavy atom. The molecule has 2 aliphatic heterocycles. The second-order valence-corrected chi connectivity index (χ2v) is 7.38. The predicted molar refractivity (Wildman–Crippen MR) is 98.9 cm³/mol. The van der Waals surface area contributed by atoms with Crippen molar-refractivity contribution >= 4 is 29.1 Å². The number of rotatable bonds is 3. The number of likely N-dealkylation sites (N-methyl/N-ethyl adjacent to an activating group) is 1. The quantitative estimate of drug-likeness (QED) is 0.878. The lowest BCUT2D eigenvalue weighted by Crippen LogP contribution is -2.44. The second kappa shape index (κ2) is 7.62. The summed E-state index contributed by atoms with van der Waals surface area (Å²) in [4.78, 5) is 30.4. The van der Waals surface area contributed by atoms with Crippen LogP contribution in [0.2, 0.25) is 5.02 Å². The molecule has 0 aromatic heterocycles. The number of benzene rings is 1. The van der Waals surface area contributed by atoms with E-state index >= 15 is 0 Å². The van der Waals surface area contributed by atoms with Crippen LogP contribution in [-0.4, -0.2) is 79.4 Å². The highest BCUT2D eigenvalue weighted by Crippen LogP contribution is 2.29. The average Bonchev–Trinajstić information content (AvgIpc) is 2.85. The Balaban J connectivity index is 1.56. The number of anilines is 1. The molecule has 6 nitrogen and oxygen atoms in total. The number of carbonyl (C=O) groups excluding carboxylic acids is 2. The molecule has 3 rings (SSSR count). The summed E-state index contributed by atoms with van der Waals surface area (Å²) in [6, 6.07) is 5.48. The second-order valence-electron chi connectivity index (χ2n) is 6.95. The Hall–Kier alpha value is -1.79. The standard InChI is InChI=1S/C18H25ClN4O2/c1-21(2)17(24)12-22-6-3-7-23(9-8-22)18(25)16-11-13-10-14(19)4-5-15(13)20-16/h4-5,10,16,20H,3,6-9,11-12H2,1-2H3. The normalized spacial score (nSPS) is 20.6. The van der Waals surface area contributed by atoms with Gasteiger partial charge in [0.1, 0.15) is 6.04 Å². The van der Waals surface area contributed by atoms with Gasteiger partial charge < -0.3 is 15.1 Å². The van der Waals surface area contributed by atoms with Crippen molar-refractivity contribution in [1.29, 1.82) is 0 Å². The Morgan fingerprint density at radius 3 is 2.80 bits per heavy atom. The number of hydrogen-bond donors (Lipinski definition) is 1. The van der Waals surface area contributed by atoms with Crippen LogP contribution in [0, 0.1) is 0 Å². The molecule has 0 saturated carbocycles. The van der Waals surface area contributed by atoms with Crippen LogP contribution < -0.4 is 5.32 Å². The molecule has 25 heavy (non-hydrogen) atoms. The van der Waals surface area contributed by atoms with Gasteiger partial charge in [-0.3, -0.25) is 14.5 Å². The number of nitrogens with zero attached hydrogens (tertiary/aromatic N) is 3. The number of hydrogen-bond acceptors (Lipinski definition) is 4. The van der Waals surface area contributed by atoms with Crippen LogP contribution in [0.4, 0.5) is 5.69 Å². The highest BCUT2D eigenvalue weighted by Gasteiger charge is 2.31. The van der Waals surface area contributed by atoms with Crippen molar-refractivity contribution in [2.45, 2.75) is 18.9 Å². The molecule has 1 N–H and O–H groups in total. The van der Waals surface area contributed by atoms with E-state index in [2.05, 4.69) is 10.2 Å². The lowest BCUT2D eigenvalue weighted by molar-refractivity contribution is -0.131.